The topological polar surface area (TPSA) is 34.4 Å². The molecule has 0 spiro atoms. The molecule has 0 aliphatic heterocycles. The Labute approximate surface area is 121 Å². The predicted molar refractivity (Wildman–Crippen MR) is 83.4 cm³/mol. The third-order valence-electron chi connectivity index (χ3n) is 3.34. The Morgan fingerprint density at radius 2 is 1.95 bits per heavy atom. The first-order valence-corrected chi connectivity index (χ1v) is 7.45. The molecule has 0 bridgehead atoms. The summed E-state index contributed by atoms with van der Waals surface area (Å²) in [5, 5.41) is 4.61. The average Bonchev–Trinajstić information content (AvgIpc) is 2.76. The first kappa shape index (κ1) is 14.9. The highest BCUT2D eigenvalue weighted by Gasteiger charge is 2.19. The number of rotatable bonds is 6. The zero-order valence-electron chi connectivity index (χ0n) is 13.1. The van der Waals surface area contributed by atoms with Crippen LogP contribution in [0.25, 0.3) is 11.0 Å². The summed E-state index contributed by atoms with van der Waals surface area (Å²) in [7, 11) is 0. The van der Waals surface area contributed by atoms with Gasteiger partial charge in [-0.1, -0.05) is 39.8 Å². The van der Waals surface area contributed by atoms with Crippen LogP contribution in [0.5, 0.6) is 5.75 Å². The van der Waals surface area contributed by atoms with Gasteiger partial charge in [0.15, 0.2) is 11.3 Å². The summed E-state index contributed by atoms with van der Waals surface area (Å²) in [6.45, 7) is 12.1. The minimum absolute atomic E-state index is 0.428. The highest BCUT2D eigenvalue weighted by atomic mass is 16.5. The summed E-state index contributed by atoms with van der Waals surface area (Å²) in [5.41, 5.74) is 2.16. The second-order valence-corrected chi connectivity index (χ2v) is 5.70. The van der Waals surface area contributed by atoms with Crippen molar-refractivity contribution in [2.24, 2.45) is 0 Å². The van der Waals surface area contributed by atoms with Crippen LogP contribution in [0.2, 0.25) is 0 Å². The SMILES string of the molecule is CCOc1cccc2c(C(C)C)c(CNC(C)C)oc12. The van der Waals surface area contributed by atoms with E-state index >= 15 is 0 Å². The molecule has 0 aliphatic carbocycles. The van der Waals surface area contributed by atoms with Crippen molar-refractivity contribution < 1.29 is 9.15 Å². The molecule has 0 atom stereocenters. The van der Waals surface area contributed by atoms with Crippen LogP contribution < -0.4 is 10.1 Å². The zero-order valence-corrected chi connectivity index (χ0v) is 13.1. The van der Waals surface area contributed by atoms with Crippen molar-refractivity contribution in [3.63, 3.8) is 0 Å². The predicted octanol–water partition coefficient (Wildman–Crippen LogP) is 4.45. The highest BCUT2D eigenvalue weighted by molar-refractivity contribution is 5.87. The summed E-state index contributed by atoms with van der Waals surface area (Å²) >= 11 is 0. The summed E-state index contributed by atoms with van der Waals surface area (Å²) in [6, 6.07) is 6.57. The van der Waals surface area contributed by atoms with E-state index in [4.69, 9.17) is 9.15 Å². The molecule has 0 saturated heterocycles. The Bertz CT molecular complexity index is 570. The van der Waals surface area contributed by atoms with Crippen molar-refractivity contribution in [2.75, 3.05) is 6.61 Å². The lowest BCUT2D eigenvalue weighted by Crippen LogP contribution is -2.22. The zero-order chi connectivity index (χ0) is 14.7. The first-order chi connectivity index (χ1) is 9.54. The van der Waals surface area contributed by atoms with E-state index in [1.165, 1.54) is 10.9 Å². The van der Waals surface area contributed by atoms with Crippen molar-refractivity contribution in [3.8, 4) is 5.75 Å². The summed E-state index contributed by atoms with van der Waals surface area (Å²) in [4.78, 5) is 0. The monoisotopic (exact) mass is 275 g/mol. The van der Waals surface area contributed by atoms with Gasteiger partial charge in [-0.05, 0) is 18.9 Å². The molecule has 0 unspecified atom stereocenters. The molecule has 0 saturated carbocycles. The first-order valence-electron chi connectivity index (χ1n) is 7.45. The van der Waals surface area contributed by atoms with Crippen molar-refractivity contribution in [3.05, 3.63) is 29.5 Å². The fourth-order valence-corrected chi connectivity index (χ4v) is 2.49. The molecular formula is C17H25NO2. The molecule has 3 heteroatoms. The van der Waals surface area contributed by atoms with E-state index < -0.39 is 0 Å². The Kier molecular flexibility index (Phi) is 4.71. The number of hydrogen-bond acceptors (Lipinski definition) is 3. The fraction of sp³-hybridized carbons (Fsp3) is 0.529. The van der Waals surface area contributed by atoms with Gasteiger partial charge in [0.1, 0.15) is 5.76 Å². The highest BCUT2D eigenvalue weighted by Crippen LogP contribution is 2.36. The summed E-state index contributed by atoms with van der Waals surface area (Å²) < 4.78 is 11.8. The van der Waals surface area contributed by atoms with Crippen LogP contribution in [0, 0.1) is 0 Å². The van der Waals surface area contributed by atoms with Gasteiger partial charge in [0.2, 0.25) is 0 Å². The van der Waals surface area contributed by atoms with Gasteiger partial charge < -0.3 is 14.5 Å². The second kappa shape index (κ2) is 6.31. The van der Waals surface area contributed by atoms with Crippen LogP contribution in [0.4, 0.5) is 0 Å². The van der Waals surface area contributed by atoms with Crippen LogP contribution in [0.1, 0.15) is 51.9 Å². The quantitative estimate of drug-likeness (QED) is 0.845. The summed E-state index contributed by atoms with van der Waals surface area (Å²) in [6.07, 6.45) is 0. The van der Waals surface area contributed by atoms with Crippen LogP contribution in [0.3, 0.4) is 0 Å². The van der Waals surface area contributed by atoms with Gasteiger partial charge in [0.05, 0.1) is 13.2 Å². The lowest BCUT2D eigenvalue weighted by molar-refractivity contribution is 0.337. The minimum atomic E-state index is 0.428. The normalized spacial score (nSPS) is 11.8. The van der Waals surface area contributed by atoms with Gasteiger partial charge in [-0.2, -0.15) is 0 Å². The van der Waals surface area contributed by atoms with Gasteiger partial charge in [0.25, 0.3) is 0 Å². The van der Waals surface area contributed by atoms with Crippen molar-refractivity contribution in [1.29, 1.82) is 0 Å². The maximum absolute atomic E-state index is 6.11. The van der Waals surface area contributed by atoms with E-state index in [9.17, 15) is 0 Å². The standard InChI is InChI=1S/C17H25NO2/c1-6-19-14-9-7-8-13-16(11(2)3)15(20-17(13)14)10-18-12(4)5/h7-9,11-12,18H,6,10H2,1-5H3. The average molecular weight is 275 g/mol. The van der Waals surface area contributed by atoms with E-state index in [2.05, 4.69) is 39.1 Å². The van der Waals surface area contributed by atoms with Crippen LogP contribution in [-0.2, 0) is 6.54 Å². The van der Waals surface area contributed by atoms with Gasteiger partial charge in [-0.15, -0.1) is 0 Å². The maximum atomic E-state index is 6.11. The smallest absolute Gasteiger partial charge is 0.176 e. The third-order valence-corrected chi connectivity index (χ3v) is 3.34. The molecule has 0 radical (unpaired) electrons. The van der Waals surface area contributed by atoms with E-state index in [1.807, 2.05) is 19.1 Å². The Hall–Kier alpha value is -1.48. The molecule has 0 amide bonds. The van der Waals surface area contributed by atoms with E-state index in [1.54, 1.807) is 0 Å². The van der Waals surface area contributed by atoms with Crippen LogP contribution >= 0.6 is 0 Å². The molecule has 1 aromatic heterocycles. The summed E-state index contributed by atoms with van der Waals surface area (Å²) in [5.74, 6) is 2.29. The van der Waals surface area contributed by atoms with Gasteiger partial charge >= 0.3 is 0 Å². The third kappa shape index (κ3) is 2.98. The number of fused-ring (bicyclic) bond motifs is 1. The molecule has 1 aromatic carbocycles. The number of nitrogens with one attached hydrogen (secondary N) is 1. The second-order valence-electron chi connectivity index (χ2n) is 5.70. The molecule has 1 N–H and O–H groups in total. The van der Waals surface area contributed by atoms with Crippen molar-refractivity contribution in [2.45, 2.75) is 53.1 Å². The largest absolute Gasteiger partial charge is 0.490 e. The van der Waals surface area contributed by atoms with Crippen LogP contribution in [-0.4, -0.2) is 12.6 Å². The van der Waals surface area contributed by atoms with Gasteiger partial charge in [-0.25, -0.2) is 0 Å². The molecule has 110 valence electrons. The maximum Gasteiger partial charge on any atom is 0.176 e. The number of para-hydroxylation sites is 1. The van der Waals surface area contributed by atoms with Crippen molar-refractivity contribution >= 4 is 11.0 Å². The fourth-order valence-electron chi connectivity index (χ4n) is 2.49. The van der Waals surface area contributed by atoms with E-state index in [0.717, 1.165) is 23.6 Å². The molecule has 3 nitrogen and oxygen atoms in total. The molecule has 2 aromatic rings. The number of ether oxygens (including phenoxy) is 1. The van der Waals surface area contributed by atoms with Gasteiger partial charge in [-0.3, -0.25) is 0 Å². The van der Waals surface area contributed by atoms with E-state index in [-0.39, 0.29) is 0 Å². The molecule has 2 rings (SSSR count). The minimum Gasteiger partial charge on any atom is -0.490 e. The van der Waals surface area contributed by atoms with Gasteiger partial charge in [0, 0.05) is 17.0 Å². The number of benzene rings is 1. The molecule has 0 aliphatic rings. The molecule has 0 fully saturated rings. The van der Waals surface area contributed by atoms with Crippen molar-refractivity contribution in [1.82, 2.24) is 5.32 Å². The molecular weight excluding hydrogens is 250 g/mol. The van der Waals surface area contributed by atoms with Crippen LogP contribution in [0.15, 0.2) is 22.6 Å². The Balaban J connectivity index is 2.50. The number of hydrogen-bond donors (Lipinski definition) is 1. The lowest BCUT2D eigenvalue weighted by Gasteiger charge is -2.09. The Morgan fingerprint density at radius 1 is 1.20 bits per heavy atom. The lowest BCUT2D eigenvalue weighted by atomic mass is 9.99. The van der Waals surface area contributed by atoms with E-state index in [0.29, 0.717) is 18.6 Å². The molecule has 20 heavy (non-hydrogen) atoms. The number of furan rings is 1. The molecule has 1 heterocycles. The Morgan fingerprint density at radius 3 is 2.55 bits per heavy atom.